The highest BCUT2D eigenvalue weighted by atomic mass is 35.5. The van der Waals surface area contributed by atoms with Gasteiger partial charge >= 0.3 is 0 Å². The van der Waals surface area contributed by atoms with Crippen LogP contribution in [0.2, 0.25) is 5.02 Å². The predicted molar refractivity (Wildman–Crippen MR) is 86.5 cm³/mol. The second-order valence-electron chi connectivity index (χ2n) is 5.37. The summed E-state index contributed by atoms with van der Waals surface area (Å²) in [6.07, 6.45) is 0. The van der Waals surface area contributed by atoms with E-state index in [9.17, 15) is 9.18 Å². The molecule has 116 valence electrons. The van der Waals surface area contributed by atoms with Crippen LogP contribution >= 0.6 is 11.6 Å². The minimum atomic E-state index is -0.265. The van der Waals surface area contributed by atoms with Crippen LogP contribution in [0.4, 0.5) is 10.1 Å². The maximum absolute atomic E-state index is 13.2. The molecule has 22 heavy (non-hydrogen) atoms. The molecule has 2 aromatic rings. The fraction of sp³-hybridized carbons (Fsp3) is 0.235. The van der Waals surface area contributed by atoms with Crippen LogP contribution in [0, 0.1) is 5.82 Å². The van der Waals surface area contributed by atoms with Gasteiger partial charge in [-0.05, 0) is 43.3 Å². The number of rotatable bonds is 5. The van der Waals surface area contributed by atoms with E-state index in [1.165, 1.54) is 12.1 Å². The summed E-state index contributed by atoms with van der Waals surface area (Å²) in [4.78, 5) is 13.2. The molecule has 2 N–H and O–H groups in total. The summed E-state index contributed by atoms with van der Waals surface area (Å²) in [5.74, 6) is -0.347. The molecule has 0 saturated heterocycles. The molecular weight excluding hydrogens is 303 g/mol. The van der Waals surface area contributed by atoms with Gasteiger partial charge in [0, 0.05) is 16.3 Å². The second kappa shape index (κ2) is 7.38. The van der Waals surface area contributed by atoms with E-state index in [2.05, 4.69) is 5.32 Å². The largest absolute Gasteiger partial charge is 0.324 e. The Labute approximate surface area is 134 Å². The van der Waals surface area contributed by atoms with Crippen molar-refractivity contribution in [3.05, 3.63) is 64.9 Å². The van der Waals surface area contributed by atoms with Crippen LogP contribution in [0.1, 0.15) is 12.5 Å². The Hall–Kier alpha value is -1.91. The lowest BCUT2D eigenvalue weighted by Gasteiger charge is -2.21. The molecule has 0 aromatic heterocycles. The third-order valence-corrected chi connectivity index (χ3v) is 3.87. The maximum atomic E-state index is 13.2. The smallest absolute Gasteiger partial charge is 0.282 e. The zero-order valence-corrected chi connectivity index (χ0v) is 13.3. The first-order valence-electron chi connectivity index (χ1n) is 7.09. The Morgan fingerprint density at radius 2 is 1.95 bits per heavy atom. The van der Waals surface area contributed by atoms with Gasteiger partial charge in [0.2, 0.25) is 0 Å². The Kier molecular flexibility index (Phi) is 5.52. The van der Waals surface area contributed by atoms with Gasteiger partial charge in [0.1, 0.15) is 12.4 Å². The molecule has 0 spiro atoms. The van der Waals surface area contributed by atoms with E-state index < -0.39 is 0 Å². The quantitative estimate of drug-likeness (QED) is 0.872. The topological polar surface area (TPSA) is 33.5 Å². The van der Waals surface area contributed by atoms with Gasteiger partial charge in [-0.3, -0.25) is 4.79 Å². The van der Waals surface area contributed by atoms with Crippen molar-refractivity contribution >= 4 is 23.2 Å². The zero-order chi connectivity index (χ0) is 16.1. The van der Waals surface area contributed by atoms with Crippen LogP contribution < -0.4 is 10.2 Å². The number of hydrogen-bond donors (Lipinski definition) is 2. The van der Waals surface area contributed by atoms with Crippen molar-refractivity contribution in [2.75, 3.05) is 12.4 Å². The summed E-state index contributed by atoms with van der Waals surface area (Å²) in [6, 6.07) is 13.1. The number of amides is 1. The average molecular weight is 322 g/mol. The van der Waals surface area contributed by atoms with Gasteiger partial charge in [-0.2, -0.15) is 0 Å². The molecule has 0 aliphatic carbocycles. The van der Waals surface area contributed by atoms with E-state index in [0.717, 1.165) is 10.5 Å². The lowest BCUT2D eigenvalue weighted by molar-refractivity contribution is -0.907. The van der Waals surface area contributed by atoms with Gasteiger partial charge < -0.3 is 10.2 Å². The molecule has 2 rings (SSSR count). The highest BCUT2D eigenvalue weighted by Crippen LogP contribution is 2.13. The molecule has 0 aliphatic heterocycles. The van der Waals surface area contributed by atoms with Crippen LogP contribution in [0.3, 0.4) is 0 Å². The predicted octanol–water partition coefficient (Wildman–Crippen LogP) is 2.52. The number of anilines is 1. The van der Waals surface area contributed by atoms with E-state index in [1.807, 2.05) is 20.0 Å². The molecule has 1 unspecified atom stereocenters. The number of carbonyl (C=O) groups excluding carboxylic acids is 1. The first-order chi connectivity index (χ1) is 10.5. The molecule has 0 radical (unpaired) electrons. The monoisotopic (exact) mass is 321 g/mol. The van der Waals surface area contributed by atoms with Crippen molar-refractivity contribution in [3.63, 3.8) is 0 Å². The summed E-state index contributed by atoms with van der Waals surface area (Å²) < 4.78 is 13.2. The Balaban J connectivity index is 1.95. The summed E-state index contributed by atoms with van der Waals surface area (Å²) in [7, 11) is 1.91. The van der Waals surface area contributed by atoms with Crippen molar-refractivity contribution in [1.82, 2.24) is 0 Å². The molecule has 0 saturated carbocycles. The average Bonchev–Trinajstić information content (AvgIpc) is 2.48. The van der Waals surface area contributed by atoms with Crippen molar-refractivity contribution in [2.45, 2.75) is 19.5 Å². The lowest BCUT2D eigenvalue weighted by Crippen LogP contribution is -3.12. The highest BCUT2D eigenvalue weighted by Gasteiger charge is 2.22. The number of halogens is 2. The van der Waals surface area contributed by atoms with Crippen LogP contribution in [-0.2, 0) is 11.3 Å². The standard InChI is InChI=1S/C17H18ClFN2O/c1-12(17(22)20-16-8-6-14(18)7-9-16)21(2)11-13-4-3-5-15(19)10-13/h3-10,12H,11H2,1-2H3,(H,20,22)/p+1/t12-/m0/s1. The molecule has 0 bridgehead atoms. The molecule has 1 amide bonds. The third-order valence-electron chi connectivity index (χ3n) is 3.62. The lowest BCUT2D eigenvalue weighted by atomic mass is 10.2. The van der Waals surface area contributed by atoms with Gasteiger partial charge in [0.05, 0.1) is 7.05 Å². The van der Waals surface area contributed by atoms with Crippen LogP contribution in [-0.4, -0.2) is 19.0 Å². The molecule has 0 fully saturated rings. The number of benzene rings is 2. The van der Waals surface area contributed by atoms with Crippen molar-refractivity contribution in [2.24, 2.45) is 0 Å². The summed E-state index contributed by atoms with van der Waals surface area (Å²) in [5, 5.41) is 3.48. The van der Waals surface area contributed by atoms with Crippen LogP contribution in [0.15, 0.2) is 48.5 Å². The van der Waals surface area contributed by atoms with Gasteiger partial charge in [-0.1, -0.05) is 23.7 Å². The SMILES string of the molecule is C[C@@H](C(=O)Nc1ccc(Cl)cc1)[NH+](C)Cc1cccc(F)c1. The summed E-state index contributed by atoms with van der Waals surface area (Å²) >= 11 is 5.82. The molecule has 5 heteroatoms. The first kappa shape index (κ1) is 16.5. The normalized spacial score (nSPS) is 13.5. The Morgan fingerprint density at radius 3 is 2.59 bits per heavy atom. The molecule has 0 aliphatic rings. The van der Waals surface area contributed by atoms with Crippen molar-refractivity contribution in [1.29, 1.82) is 0 Å². The Morgan fingerprint density at radius 1 is 1.27 bits per heavy atom. The Bertz CT molecular complexity index is 645. The first-order valence-corrected chi connectivity index (χ1v) is 7.46. The van der Waals surface area contributed by atoms with E-state index in [4.69, 9.17) is 11.6 Å². The molecular formula is C17H19ClFN2O+. The van der Waals surface area contributed by atoms with E-state index in [1.54, 1.807) is 30.3 Å². The van der Waals surface area contributed by atoms with E-state index >= 15 is 0 Å². The van der Waals surface area contributed by atoms with Crippen molar-refractivity contribution < 1.29 is 14.1 Å². The van der Waals surface area contributed by atoms with Gasteiger partial charge in [-0.15, -0.1) is 0 Å². The van der Waals surface area contributed by atoms with Gasteiger partial charge in [0.15, 0.2) is 6.04 Å². The minimum absolute atomic E-state index is 0.0868. The van der Waals surface area contributed by atoms with Crippen molar-refractivity contribution in [3.8, 4) is 0 Å². The highest BCUT2D eigenvalue weighted by molar-refractivity contribution is 6.30. The van der Waals surface area contributed by atoms with Gasteiger partial charge in [0.25, 0.3) is 5.91 Å². The number of likely N-dealkylation sites (N-methyl/N-ethyl adjacent to an activating group) is 1. The second-order valence-corrected chi connectivity index (χ2v) is 5.81. The molecule has 2 atom stereocenters. The van der Waals surface area contributed by atoms with E-state index in [0.29, 0.717) is 17.3 Å². The fourth-order valence-corrected chi connectivity index (χ4v) is 2.26. The maximum Gasteiger partial charge on any atom is 0.282 e. The van der Waals surface area contributed by atoms with Gasteiger partial charge in [-0.25, -0.2) is 4.39 Å². The number of nitrogens with one attached hydrogen (secondary N) is 2. The number of quaternary nitrogens is 1. The number of hydrogen-bond acceptors (Lipinski definition) is 1. The van der Waals surface area contributed by atoms with Crippen LogP contribution in [0.25, 0.3) is 0 Å². The molecule has 3 nitrogen and oxygen atoms in total. The summed E-state index contributed by atoms with van der Waals surface area (Å²) in [6.45, 7) is 2.42. The number of carbonyl (C=O) groups is 1. The van der Waals surface area contributed by atoms with E-state index in [-0.39, 0.29) is 17.8 Å². The zero-order valence-electron chi connectivity index (χ0n) is 12.6. The minimum Gasteiger partial charge on any atom is -0.324 e. The molecule has 0 heterocycles. The summed E-state index contributed by atoms with van der Waals surface area (Å²) in [5.41, 5.74) is 1.57. The van der Waals surface area contributed by atoms with Crippen LogP contribution in [0.5, 0.6) is 0 Å². The third kappa shape index (κ3) is 4.55. The molecule has 2 aromatic carbocycles. The fourth-order valence-electron chi connectivity index (χ4n) is 2.13.